The molecule has 0 fully saturated rings. The molecule has 0 aromatic heterocycles. The first-order valence-corrected chi connectivity index (χ1v) is 6.11. The molecule has 18 heavy (non-hydrogen) atoms. The zero-order valence-electron chi connectivity index (χ0n) is 10.5. The van der Waals surface area contributed by atoms with E-state index in [1.807, 2.05) is 0 Å². The Kier molecular flexibility index (Phi) is 5.91. The molecule has 1 N–H and O–H groups in total. The largest absolute Gasteiger partial charge is 0.494 e. The van der Waals surface area contributed by atoms with Crippen LogP contribution in [0.3, 0.4) is 0 Å². The highest BCUT2D eigenvalue weighted by Crippen LogP contribution is 2.13. The molecule has 1 rings (SSSR count). The van der Waals surface area contributed by atoms with E-state index in [-0.39, 0.29) is 6.42 Å². The molecule has 1 aromatic carbocycles. The van der Waals surface area contributed by atoms with Gasteiger partial charge in [0.05, 0.1) is 6.61 Å². The van der Waals surface area contributed by atoms with Crippen LogP contribution in [0.2, 0.25) is 0 Å². The lowest BCUT2D eigenvalue weighted by Crippen LogP contribution is -2.14. The Morgan fingerprint density at radius 3 is 2.39 bits per heavy atom. The summed E-state index contributed by atoms with van der Waals surface area (Å²) in [5, 5.41) is 8.49. The van der Waals surface area contributed by atoms with Gasteiger partial charge in [0.2, 0.25) is 5.78 Å². The average Bonchev–Trinajstić information content (AvgIpc) is 2.36. The van der Waals surface area contributed by atoms with Crippen molar-refractivity contribution in [3.63, 3.8) is 0 Å². The number of hydrogen-bond acceptors (Lipinski definition) is 3. The smallest absolute Gasteiger partial charge is 0.372 e. The first-order chi connectivity index (χ1) is 8.63. The fourth-order valence-electron chi connectivity index (χ4n) is 1.51. The SMILES string of the molecule is CCCCCOc1ccc(CC(=O)C(=O)O)cc1. The summed E-state index contributed by atoms with van der Waals surface area (Å²) in [5.74, 6) is -1.45. The summed E-state index contributed by atoms with van der Waals surface area (Å²) in [6, 6.07) is 6.96. The number of aliphatic carboxylic acids is 1. The maximum atomic E-state index is 11.0. The van der Waals surface area contributed by atoms with E-state index < -0.39 is 11.8 Å². The Labute approximate surface area is 107 Å². The minimum Gasteiger partial charge on any atom is -0.494 e. The maximum Gasteiger partial charge on any atom is 0.372 e. The van der Waals surface area contributed by atoms with Crippen molar-refractivity contribution in [2.24, 2.45) is 0 Å². The first kappa shape index (κ1) is 14.2. The second-order valence-corrected chi connectivity index (χ2v) is 4.10. The van der Waals surface area contributed by atoms with E-state index in [1.165, 1.54) is 0 Å². The van der Waals surface area contributed by atoms with Crippen LogP contribution < -0.4 is 4.74 Å². The third-order valence-corrected chi connectivity index (χ3v) is 2.54. The lowest BCUT2D eigenvalue weighted by Gasteiger charge is -2.06. The number of carbonyl (C=O) groups is 2. The standard InChI is InChI=1S/C14H18O4/c1-2-3-4-9-18-12-7-5-11(6-8-12)10-13(15)14(16)17/h5-8H,2-4,9-10H2,1H3,(H,16,17). The number of ether oxygens (including phenoxy) is 1. The Bertz CT molecular complexity index is 395. The van der Waals surface area contributed by atoms with Crippen molar-refractivity contribution in [3.05, 3.63) is 29.8 Å². The summed E-state index contributed by atoms with van der Waals surface area (Å²) in [5.41, 5.74) is 0.684. The molecule has 0 aliphatic heterocycles. The molecular weight excluding hydrogens is 232 g/mol. The Morgan fingerprint density at radius 2 is 1.83 bits per heavy atom. The van der Waals surface area contributed by atoms with E-state index in [0.717, 1.165) is 25.0 Å². The summed E-state index contributed by atoms with van der Waals surface area (Å²) in [6.07, 6.45) is 3.24. The maximum absolute atomic E-state index is 11.0. The molecule has 0 spiro atoms. The van der Waals surface area contributed by atoms with E-state index in [1.54, 1.807) is 24.3 Å². The second kappa shape index (κ2) is 7.48. The minimum atomic E-state index is -1.39. The van der Waals surface area contributed by atoms with Crippen LogP contribution in [0.5, 0.6) is 5.75 Å². The molecule has 0 aliphatic rings. The molecule has 0 aliphatic carbocycles. The number of rotatable bonds is 8. The minimum absolute atomic E-state index is 0.0779. The normalized spacial score (nSPS) is 10.1. The summed E-state index contributed by atoms with van der Waals surface area (Å²) in [6.45, 7) is 2.81. The van der Waals surface area contributed by atoms with Crippen LogP contribution in [0.1, 0.15) is 31.7 Å². The summed E-state index contributed by atoms with van der Waals surface area (Å²) in [7, 11) is 0. The lowest BCUT2D eigenvalue weighted by molar-refractivity contribution is -0.148. The highest BCUT2D eigenvalue weighted by molar-refractivity contribution is 6.33. The molecule has 0 heterocycles. The van der Waals surface area contributed by atoms with Crippen molar-refractivity contribution in [3.8, 4) is 5.75 Å². The monoisotopic (exact) mass is 250 g/mol. The number of hydrogen-bond donors (Lipinski definition) is 1. The Hall–Kier alpha value is -1.84. The molecular formula is C14H18O4. The highest BCUT2D eigenvalue weighted by atomic mass is 16.5. The quantitative estimate of drug-likeness (QED) is 0.568. The Morgan fingerprint density at radius 1 is 1.17 bits per heavy atom. The summed E-state index contributed by atoms with van der Waals surface area (Å²) < 4.78 is 5.51. The second-order valence-electron chi connectivity index (χ2n) is 4.10. The van der Waals surface area contributed by atoms with Gasteiger partial charge in [-0.05, 0) is 24.1 Å². The zero-order chi connectivity index (χ0) is 13.4. The van der Waals surface area contributed by atoms with Gasteiger partial charge in [0, 0.05) is 6.42 Å². The van der Waals surface area contributed by atoms with Gasteiger partial charge < -0.3 is 9.84 Å². The van der Waals surface area contributed by atoms with E-state index in [4.69, 9.17) is 9.84 Å². The van der Waals surface area contributed by atoms with Crippen molar-refractivity contribution in [2.75, 3.05) is 6.61 Å². The van der Waals surface area contributed by atoms with Gasteiger partial charge in [0.25, 0.3) is 0 Å². The zero-order valence-corrected chi connectivity index (χ0v) is 10.5. The average molecular weight is 250 g/mol. The van der Waals surface area contributed by atoms with Gasteiger partial charge in [-0.3, -0.25) is 4.79 Å². The van der Waals surface area contributed by atoms with Crippen LogP contribution in [0.25, 0.3) is 0 Å². The molecule has 4 heteroatoms. The van der Waals surface area contributed by atoms with Crippen molar-refractivity contribution in [1.82, 2.24) is 0 Å². The molecule has 0 saturated carbocycles. The molecule has 98 valence electrons. The molecule has 0 saturated heterocycles. The van der Waals surface area contributed by atoms with Crippen molar-refractivity contribution in [1.29, 1.82) is 0 Å². The van der Waals surface area contributed by atoms with E-state index in [9.17, 15) is 9.59 Å². The number of carboxylic acid groups (broad SMARTS) is 1. The molecule has 1 aromatic rings. The summed E-state index contributed by atoms with van der Waals surface area (Å²) >= 11 is 0. The predicted molar refractivity (Wildman–Crippen MR) is 67.8 cm³/mol. The van der Waals surface area contributed by atoms with Gasteiger partial charge in [0.15, 0.2) is 0 Å². The van der Waals surface area contributed by atoms with Gasteiger partial charge in [-0.15, -0.1) is 0 Å². The van der Waals surface area contributed by atoms with Gasteiger partial charge in [-0.1, -0.05) is 31.9 Å². The number of unbranched alkanes of at least 4 members (excludes halogenated alkanes) is 2. The van der Waals surface area contributed by atoms with Crippen LogP contribution in [-0.4, -0.2) is 23.5 Å². The third kappa shape index (κ3) is 4.99. The number of ketones is 1. The van der Waals surface area contributed by atoms with Crippen molar-refractivity contribution >= 4 is 11.8 Å². The van der Waals surface area contributed by atoms with Crippen LogP contribution in [0, 0.1) is 0 Å². The molecule has 0 unspecified atom stereocenters. The van der Waals surface area contributed by atoms with Gasteiger partial charge in [-0.2, -0.15) is 0 Å². The van der Waals surface area contributed by atoms with E-state index >= 15 is 0 Å². The predicted octanol–water partition coefficient (Wildman–Crippen LogP) is 2.45. The topological polar surface area (TPSA) is 63.6 Å². The van der Waals surface area contributed by atoms with Crippen LogP contribution in [0.4, 0.5) is 0 Å². The van der Waals surface area contributed by atoms with Gasteiger partial charge in [0.1, 0.15) is 5.75 Å². The van der Waals surface area contributed by atoms with Crippen molar-refractivity contribution < 1.29 is 19.4 Å². The van der Waals surface area contributed by atoms with Crippen LogP contribution in [-0.2, 0) is 16.0 Å². The highest BCUT2D eigenvalue weighted by Gasteiger charge is 2.11. The molecule has 0 atom stereocenters. The molecule has 0 amide bonds. The fraction of sp³-hybridized carbons (Fsp3) is 0.429. The first-order valence-electron chi connectivity index (χ1n) is 6.11. The van der Waals surface area contributed by atoms with Gasteiger partial charge >= 0.3 is 5.97 Å². The summed E-state index contributed by atoms with van der Waals surface area (Å²) in [4.78, 5) is 21.4. The number of carbonyl (C=O) groups excluding carboxylic acids is 1. The van der Waals surface area contributed by atoms with Gasteiger partial charge in [-0.25, -0.2) is 4.79 Å². The third-order valence-electron chi connectivity index (χ3n) is 2.54. The Balaban J connectivity index is 2.42. The van der Waals surface area contributed by atoms with Crippen LogP contribution >= 0.6 is 0 Å². The number of carboxylic acids is 1. The van der Waals surface area contributed by atoms with Crippen molar-refractivity contribution in [2.45, 2.75) is 32.6 Å². The molecule has 4 nitrogen and oxygen atoms in total. The lowest BCUT2D eigenvalue weighted by atomic mass is 10.1. The number of benzene rings is 1. The van der Waals surface area contributed by atoms with Crippen LogP contribution in [0.15, 0.2) is 24.3 Å². The fourth-order valence-corrected chi connectivity index (χ4v) is 1.51. The number of Topliss-reactive ketones (excluding diaryl/α,β-unsaturated/α-hetero) is 1. The molecule has 0 bridgehead atoms. The van der Waals surface area contributed by atoms with E-state index in [2.05, 4.69) is 6.92 Å². The van der Waals surface area contributed by atoms with E-state index in [0.29, 0.717) is 12.2 Å². The molecule has 0 radical (unpaired) electrons.